The Bertz CT molecular complexity index is 1180. The van der Waals surface area contributed by atoms with Crippen molar-refractivity contribution in [2.75, 3.05) is 13.6 Å². The lowest BCUT2D eigenvalue weighted by Crippen LogP contribution is -2.58. The van der Waals surface area contributed by atoms with Gasteiger partial charge < -0.3 is 26.4 Å². The zero-order valence-corrected chi connectivity index (χ0v) is 22.1. The molecular formula is C26H34N6O4S. The maximum absolute atomic E-state index is 13.6. The number of carbonyl (C=O) groups is 3. The van der Waals surface area contributed by atoms with Gasteiger partial charge in [0.1, 0.15) is 12.1 Å². The van der Waals surface area contributed by atoms with E-state index in [4.69, 9.17) is 5.73 Å². The average Bonchev–Trinajstić information content (AvgIpc) is 3.46. The lowest BCUT2D eigenvalue weighted by atomic mass is 9.79. The molecule has 2 heterocycles. The highest BCUT2D eigenvalue weighted by Crippen LogP contribution is 2.32. The highest BCUT2D eigenvalue weighted by Gasteiger charge is 2.44. The van der Waals surface area contributed by atoms with E-state index in [1.807, 2.05) is 43.6 Å². The first-order valence-corrected chi connectivity index (χ1v) is 13.4. The zero-order valence-electron chi connectivity index (χ0n) is 21.3. The average molecular weight is 527 g/mol. The van der Waals surface area contributed by atoms with Crippen LogP contribution in [0.1, 0.15) is 49.9 Å². The molecule has 11 heteroatoms. The van der Waals surface area contributed by atoms with Crippen LogP contribution in [-0.4, -0.2) is 70.3 Å². The molecular weight excluding hydrogens is 492 g/mol. The van der Waals surface area contributed by atoms with Crippen LogP contribution in [0.15, 0.2) is 34.8 Å². The zero-order chi connectivity index (χ0) is 26.7. The van der Waals surface area contributed by atoms with Crippen molar-refractivity contribution in [3.8, 4) is 10.4 Å². The molecule has 1 aromatic heterocycles. The summed E-state index contributed by atoms with van der Waals surface area (Å²) in [7, 11) is 1.40. The van der Waals surface area contributed by atoms with E-state index in [1.165, 1.54) is 11.9 Å². The van der Waals surface area contributed by atoms with E-state index in [2.05, 4.69) is 20.6 Å². The predicted molar refractivity (Wildman–Crippen MR) is 142 cm³/mol. The number of nitrogens with two attached hydrogens (primary N) is 1. The van der Waals surface area contributed by atoms with Crippen molar-refractivity contribution in [3.63, 3.8) is 0 Å². The van der Waals surface area contributed by atoms with E-state index in [0.717, 1.165) is 41.0 Å². The second kappa shape index (κ2) is 11.4. The minimum absolute atomic E-state index is 0.0324. The van der Waals surface area contributed by atoms with Crippen molar-refractivity contribution in [3.05, 3.63) is 41.0 Å². The van der Waals surface area contributed by atoms with Crippen LogP contribution >= 0.6 is 11.3 Å². The maximum atomic E-state index is 13.6. The molecule has 0 radical (unpaired) electrons. The molecule has 2 aliphatic rings. The summed E-state index contributed by atoms with van der Waals surface area (Å²) < 4.78 is 0. The summed E-state index contributed by atoms with van der Waals surface area (Å²) in [5.41, 5.74) is 10.4. The van der Waals surface area contributed by atoms with Gasteiger partial charge in [0.05, 0.1) is 28.2 Å². The van der Waals surface area contributed by atoms with Gasteiger partial charge in [0, 0.05) is 20.0 Å². The number of thiazole rings is 1. The monoisotopic (exact) mass is 526 g/mol. The van der Waals surface area contributed by atoms with E-state index in [1.54, 1.807) is 11.3 Å². The van der Waals surface area contributed by atoms with Crippen molar-refractivity contribution in [1.82, 2.24) is 20.5 Å². The molecule has 0 spiro atoms. The molecule has 4 unspecified atom stereocenters. The van der Waals surface area contributed by atoms with E-state index < -0.39 is 24.1 Å². The van der Waals surface area contributed by atoms with E-state index >= 15 is 0 Å². The Labute approximate surface area is 220 Å². The topological polar surface area (TPSA) is 150 Å². The van der Waals surface area contributed by atoms with Crippen LogP contribution in [0.3, 0.4) is 0 Å². The Kier molecular flexibility index (Phi) is 8.23. The van der Waals surface area contributed by atoms with Gasteiger partial charge in [0.15, 0.2) is 5.84 Å². The smallest absolute Gasteiger partial charge is 0.286 e. The number of aliphatic hydroxyl groups excluding tert-OH is 1. The van der Waals surface area contributed by atoms with Gasteiger partial charge in [0.25, 0.3) is 5.91 Å². The summed E-state index contributed by atoms with van der Waals surface area (Å²) >= 11 is 1.58. The fourth-order valence-electron chi connectivity index (χ4n) is 4.85. The van der Waals surface area contributed by atoms with Gasteiger partial charge >= 0.3 is 0 Å². The van der Waals surface area contributed by atoms with Gasteiger partial charge in [-0.05, 0) is 43.7 Å². The Balaban J connectivity index is 1.45. The van der Waals surface area contributed by atoms with E-state index in [0.29, 0.717) is 0 Å². The van der Waals surface area contributed by atoms with Gasteiger partial charge in [0.2, 0.25) is 11.8 Å². The SMILES string of the molecule is CN=C(N)C(=O)NC(C(=O)N1CC(O)CC1C(=O)NC(C)c1ccc(-c2scnc2C)cc1)C1CCC1. The number of aliphatic hydroxyl groups is 1. The van der Waals surface area contributed by atoms with Gasteiger partial charge in [-0.2, -0.15) is 0 Å². The third-order valence-electron chi connectivity index (χ3n) is 7.29. The number of nitrogens with zero attached hydrogens (tertiary/aromatic N) is 3. The number of hydrogen-bond acceptors (Lipinski definition) is 7. The fourth-order valence-corrected chi connectivity index (χ4v) is 5.66. The molecule has 5 N–H and O–H groups in total. The highest BCUT2D eigenvalue weighted by atomic mass is 32.1. The highest BCUT2D eigenvalue weighted by molar-refractivity contribution is 7.13. The number of benzene rings is 1. The van der Waals surface area contributed by atoms with Crippen LogP contribution < -0.4 is 16.4 Å². The third-order valence-corrected chi connectivity index (χ3v) is 8.27. The fraction of sp³-hybridized carbons (Fsp3) is 0.500. The van der Waals surface area contributed by atoms with E-state index in [9.17, 15) is 19.5 Å². The minimum Gasteiger partial charge on any atom is -0.391 e. The first kappa shape index (κ1) is 26.7. The van der Waals surface area contributed by atoms with Crippen LogP contribution in [0, 0.1) is 12.8 Å². The summed E-state index contributed by atoms with van der Waals surface area (Å²) in [6, 6.07) is 5.99. The predicted octanol–water partition coefficient (Wildman–Crippen LogP) is 1.53. The number of aromatic nitrogens is 1. The summed E-state index contributed by atoms with van der Waals surface area (Å²) in [4.78, 5) is 49.7. The molecule has 37 heavy (non-hydrogen) atoms. The molecule has 1 aliphatic carbocycles. The third kappa shape index (κ3) is 5.83. The van der Waals surface area contributed by atoms with Gasteiger partial charge in [-0.1, -0.05) is 30.7 Å². The Hall–Kier alpha value is -3.31. The summed E-state index contributed by atoms with van der Waals surface area (Å²) in [5.74, 6) is -1.58. The number of likely N-dealkylation sites (tertiary alicyclic amines) is 1. The van der Waals surface area contributed by atoms with Gasteiger partial charge in [-0.3, -0.25) is 19.4 Å². The lowest BCUT2D eigenvalue weighted by molar-refractivity contribution is -0.143. The van der Waals surface area contributed by atoms with Crippen LogP contribution in [0.2, 0.25) is 0 Å². The van der Waals surface area contributed by atoms with Crippen LogP contribution in [0.25, 0.3) is 10.4 Å². The number of carbonyl (C=O) groups excluding carboxylic acids is 3. The van der Waals surface area contributed by atoms with Crippen LogP contribution in [-0.2, 0) is 14.4 Å². The van der Waals surface area contributed by atoms with Crippen LogP contribution in [0.5, 0.6) is 0 Å². The molecule has 2 fully saturated rings. The molecule has 2 aromatic rings. The second-order valence-corrected chi connectivity index (χ2v) is 10.6. The number of aliphatic imine (C=N–C) groups is 1. The summed E-state index contributed by atoms with van der Waals surface area (Å²) in [5, 5.41) is 16.1. The summed E-state index contributed by atoms with van der Waals surface area (Å²) in [6.45, 7) is 3.89. The molecule has 3 amide bonds. The minimum atomic E-state index is -0.833. The molecule has 4 atom stereocenters. The number of amides is 3. The number of hydrogen-bond donors (Lipinski definition) is 4. The molecule has 1 aliphatic heterocycles. The summed E-state index contributed by atoms with van der Waals surface area (Å²) in [6.07, 6.45) is 1.87. The van der Waals surface area contributed by atoms with Crippen molar-refractivity contribution in [2.24, 2.45) is 16.6 Å². The largest absolute Gasteiger partial charge is 0.391 e. The van der Waals surface area contributed by atoms with Crippen LogP contribution in [0.4, 0.5) is 0 Å². The Morgan fingerprint density at radius 1 is 1.22 bits per heavy atom. The normalized spacial score (nSPS) is 21.7. The van der Waals surface area contributed by atoms with Crippen molar-refractivity contribution >= 4 is 34.9 Å². The Morgan fingerprint density at radius 2 is 1.92 bits per heavy atom. The first-order valence-electron chi connectivity index (χ1n) is 12.5. The standard InChI is InChI=1S/C26H34N6O4S/c1-14(16-7-9-18(10-8-16)22-15(2)29-13-37-22)30-24(34)20-11-19(33)12-32(20)26(36)21(17-5-4-6-17)31-25(35)23(27)28-3/h7-10,13-14,17,19-21,33H,4-6,11-12H2,1-3H3,(H2,27,28)(H,30,34)(H,31,35). The lowest BCUT2D eigenvalue weighted by Gasteiger charge is -2.36. The first-order chi connectivity index (χ1) is 17.7. The second-order valence-electron chi connectivity index (χ2n) is 9.77. The molecule has 10 nitrogen and oxygen atoms in total. The van der Waals surface area contributed by atoms with Crippen molar-refractivity contribution in [1.29, 1.82) is 0 Å². The quantitative estimate of drug-likeness (QED) is 0.317. The van der Waals surface area contributed by atoms with Gasteiger partial charge in [-0.15, -0.1) is 11.3 Å². The number of nitrogens with one attached hydrogen (secondary N) is 2. The molecule has 1 saturated heterocycles. The molecule has 198 valence electrons. The van der Waals surface area contributed by atoms with Gasteiger partial charge in [-0.25, -0.2) is 4.98 Å². The number of rotatable bonds is 7. The number of aryl methyl sites for hydroxylation is 1. The Morgan fingerprint density at radius 3 is 2.49 bits per heavy atom. The maximum Gasteiger partial charge on any atom is 0.286 e. The molecule has 0 bridgehead atoms. The van der Waals surface area contributed by atoms with Crippen molar-refractivity contribution in [2.45, 2.75) is 63.8 Å². The number of β-amino-alcohol motifs (C(OH)–C–C–N with tert-alkyl or cyclic N) is 1. The molecule has 1 aromatic carbocycles. The molecule has 1 saturated carbocycles. The van der Waals surface area contributed by atoms with Crippen molar-refractivity contribution < 1.29 is 19.5 Å². The molecule has 4 rings (SSSR count). The van der Waals surface area contributed by atoms with E-state index in [-0.39, 0.29) is 42.6 Å². The number of amidine groups is 1.